The first-order chi connectivity index (χ1) is 11.7. The smallest absolute Gasteiger partial charge is 0.273 e. The molecule has 4 rings (SSSR count). The predicted octanol–water partition coefficient (Wildman–Crippen LogP) is 3.45. The molecule has 0 fully saturated rings. The second kappa shape index (κ2) is 6.41. The maximum atomic E-state index is 12.6. The molecular formula is C17H16N4OS2. The van der Waals surface area contributed by atoms with Gasteiger partial charge in [-0.2, -0.15) is 0 Å². The fourth-order valence-corrected chi connectivity index (χ4v) is 4.05. The van der Waals surface area contributed by atoms with E-state index in [2.05, 4.69) is 9.97 Å². The van der Waals surface area contributed by atoms with Gasteiger partial charge in [0, 0.05) is 23.9 Å². The maximum Gasteiger partial charge on any atom is 0.273 e. The van der Waals surface area contributed by atoms with Crippen molar-refractivity contribution in [1.29, 1.82) is 0 Å². The van der Waals surface area contributed by atoms with Crippen LogP contribution in [0.1, 0.15) is 21.9 Å². The van der Waals surface area contributed by atoms with Gasteiger partial charge >= 0.3 is 0 Å². The molecule has 1 N–H and O–H groups in total. The van der Waals surface area contributed by atoms with Crippen LogP contribution in [0.25, 0.3) is 11.4 Å². The van der Waals surface area contributed by atoms with Gasteiger partial charge in [-0.15, -0.1) is 11.3 Å². The lowest BCUT2D eigenvalue weighted by Gasteiger charge is -2.25. The van der Waals surface area contributed by atoms with Crippen LogP contribution in [0.2, 0.25) is 0 Å². The number of carbonyl (C=O) groups is 1. The molecule has 1 amide bonds. The first-order valence-electron chi connectivity index (χ1n) is 7.66. The number of H-pyrrole nitrogens is 1. The van der Waals surface area contributed by atoms with Crippen molar-refractivity contribution < 1.29 is 4.79 Å². The van der Waals surface area contributed by atoms with Crippen molar-refractivity contribution in [2.45, 2.75) is 17.3 Å². The second-order valence-electron chi connectivity index (χ2n) is 5.56. The number of amides is 1. The Hall–Kier alpha value is -2.12. The van der Waals surface area contributed by atoms with E-state index in [1.807, 2.05) is 46.9 Å². The number of nitrogens with zero attached hydrogens (tertiary/aromatic N) is 3. The summed E-state index contributed by atoms with van der Waals surface area (Å²) in [5.74, 6) is 0.862. The monoisotopic (exact) mass is 356 g/mol. The lowest BCUT2D eigenvalue weighted by molar-refractivity contribution is 0.0726. The highest BCUT2D eigenvalue weighted by atomic mass is 32.2. The summed E-state index contributed by atoms with van der Waals surface area (Å²) in [6.07, 6.45) is 2.74. The van der Waals surface area contributed by atoms with Gasteiger partial charge in [-0.05, 0) is 6.26 Å². The van der Waals surface area contributed by atoms with E-state index in [1.54, 1.807) is 11.8 Å². The van der Waals surface area contributed by atoms with Crippen LogP contribution in [0.5, 0.6) is 0 Å². The van der Waals surface area contributed by atoms with Crippen molar-refractivity contribution in [2.24, 2.45) is 0 Å². The normalized spacial score (nSPS) is 13.8. The molecule has 3 aromatic rings. The van der Waals surface area contributed by atoms with E-state index < -0.39 is 0 Å². The van der Waals surface area contributed by atoms with E-state index in [0.29, 0.717) is 18.8 Å². The van der Waals surface area contributed by atoms with Crippen molar-refractivity contribution in [1.82, 2.24) is 19.9 Å². The van der Waals surface area contributed by atoms with Gasteiger partial charge in [0.2, 0.25) is 0 Å². The third-order valence-corrected chi connectivity index (χ3v) is 5.91. The van der Waals surface area contributed by atoms with Crippen LogP contribution in [-0.4, -0.2) is 38.6 Å². The molecule has 0 radical (unpaired) electrons. The fraction of sp³-hybridized carbons (Fsp3) is 0.235. The van der Waals surface area contributed by atoms with Crippen molar-refractivity contribution in [3.63, 3.8) is 0 Å². The van der Waals surface area contributed by atoms with E-state index in [1.165, 1.54) is 11.3 Å². The van der Waals surface area contributed by atoms with Crippen molar-refractivity contribution in [3.05, 3.63) is 52.8 Å². The molecule has 1 aliphatic heterocycles. The number of aromatic amines is 1. The third-order valence-electron chi connectivity index (χ3n) is 4.04. The Labute approximate surface area is 148 Å². The second-order valence-corrected chi connectivity index (χ2v) is 7.47. The summed E-state index contributed by atoms with van der Waals surface area (Å²) in [7, 11) is 0. The quantitative estimate of drug-likeness (QED) is 0.730. The lowest BCUT2D eigenvalue weighted by Crippen LogP contribution is -2.36. The maximum absolute atomic E-state index is 12.6. The number of aromatic nitrogens is 3. The number of hydrogen-bond donors (Lipinski definition) is 1. The summed E-state index contributed by atoms with van der Waals surface area (Å²) in [5.41, 5.74) is 3.68. The molecule has 0 saturated carbocycles. The molecule has 122 valence electrons. The lowest BCUT2D eigenvalue weighted by atomic mass is 10.1. The minimum atomic E-state index is -0.00642. The van der Waals surface area contributed by atoms with Crippen LogP contribution in [-0.2, 0) is 13.0 Å². The van der Waals surface area contributed by atoms with E-state index in [4.69, 9.17) is 4.98 Å². The van der Waals surface area contributed by atoms with Crippen LogP contribution in [0.4, 0.5) is 0 Å². The van der Waals surface area contributed by atoms with Crippen molar-refractivity contribution >= 4 is 29.0 Å². The van der Waals surface area contributed by atoms with Crippen LogP contribution >= 0.6 is 23.1 Å². The van der Waals surface area contributed by atoms with Gasteiger partial charge in [-0.3, -0.25) is 4.79 Å². The summed E-state index contributed by atoms with van der Waals surface area (Å²) in [5, 5.41) is 1.84. The van der Waals surface area contributed by atoms with Gasteiger partial charge < -0.3 is 9.88 Å². The minimum Gasteiger partial charge on any atom is -0.340 e. The minimum absolute atomic E-state index is 0.00642. The summed E-state index contributed by atoms with van der Waals surface area (Å²) in [6, 6.07) is 10.1. The van der Waals surface area contributed by atoms with E-state index >= 15 is 0 Å². The highest BCUT2D eigenvalue weighted by Gasteiger charge is 2.26. The number of imidazole rings is 1. The van der Waals surface area contributed by atoms with E-state index in [-0.39, 0.29) is 5.91 Å². The highest BCUT2D eigenvalue weighted by Crippen LogP contribution is 2.25. The SMILES string of the molecule is CSc1nc(C(=O)N2CCc3nc(-c4ccccc4)[nH]c3C2)cs1. The standard InChI is InChI=1S/C17H16N4OS2/c1-23-17-20-14(10-24-17)16(22)21-8-7-12-13(9-21)19-15(18-12)11-5-3-2-4-6-11/h2-6,10H,7-9H2,1H3,(H,18,19). The number of carbonyl (C=O) groups excluding carboxylic acids is 1. The zero-order valence-corrected chi connectivity index (χ0v) is 14.8. The summed E-state index contributed by atoms with van der Waals surface area (Å²) in [6.45, 7) is 1.23. The molecule has 0 aliphatic carbocycles. The Kier molecular flexibility index (Phi) is 4.12. The Morgan fingerprint density at radius 2 is 2.12 bits per heavy atom. The molecule has 0 spiro atoms. The summed E-state index contributed by atoms with van der Waals surface area (Å²) >= 11 is 3.08. The molecule has 1 aliphatic rings. The van der Waals surface area contributed by atoms with Crippen LogP contribution in [0.3, 0.4) is 0 Å². The van der Waals surface area contributed by atoms with E-state index in [9.17, 15) is 4.79 Å². The van der Waals surface area contributed by atoms with Gasteiger partial charge in [0.05, 0.1) is 17.9 Å². The Morgan fingerprint density at radius 3 is 2.88 bits per heavy atom. The van der Waals surface area contributed by atoms with Crippen LogP contribution in [0.15, 0.2) is 40.1 Å². The topological polar surface area (TPSA) is 61.9 Å². The summed E-state index contributed by atoms with van der Waals surface area (Å²) in [4.78, 5) is 26.9. The Bertz CT molecular complexity index is 872. The van der Waals surface area contributed by atoms with Gasteiger partial charge in [0.15, 0.2) is 0 Å². The van der Waals surface area contributed by atoms with Crippen molar-refractivity contribution in [3.8, 4) is 11.4 Å². The van der Waals surface area contributed by atoms with Gasteiger partial charge in [-0.25, -0.2) is 9.97 Å². The van der Waals surface area contributed by atoms with Crippen LogP contribution in [0, 0.1) is 0 Å². The summed E-state index contributed by atoms with van der Waals surface area (Å²) < 4.78 is 0.920. The number of hydrogen-bond acceptors (Lipinski definition) is 5. The van der Waals surface area contributed by atoms with Gasteiger partial charge in [-0.1, -0.05) is 42.1 Å². The first-order valence-corrected chi connectivity index (χ1v) is 9.77. The first kappa shape index (κ1) is 15.4. The van der Waals surface area contributed by atoms with Crippen LogP contribution < -0.4 is 0 Å². The van der Waals surface area contributed by atoms with Gasteiger partial charge in [0.25, 0.3) is 5.91 Å². The molecule has 2 aromatic heterocycles. The number of nitrogens with one attached hydrogen (secondary N) is 1. The number of fused-ring (bicyclic) bond motifs is 1. The highest BCUT2D eigenvalue weighted by molar-refractivity contribution is 8.00. The number of thioether (sulfide) groups is 1. The molecule has 7 heteroatoms. The molecule has 0 unspecified atom stereocenters. The fourth-order valence-electron chi connectivity index (χ4n) is 2.81. The van der Waals surface area contributed by atoms with Gasteiger partial charge in [0.1, 0.15) is 15.9 Å². The largest absolute Gasteiger partial charge is 0.340 e. The molecular weight excluding hydrogens is 340 g/mol. The molecule has 3 heterocycles. The predicted molar refractivity (Wildman–Crippen MR) is 96.4 cm³/mol. The van der Waals surface area contributed by atoms with E-state index in [0.717, 1.165) is 33.5 Å². The molecule has 24 heavy (non-hydrogen) atoms. The molecule has 0 atom stereocenters. The molecule has 0 saturated heterocycles. The molecule has 1 aromatic carbocycles. The number of rotatable bonds is 3. The molecule has 5 nitrogen and oxygen atoms in total. The zero-order valence-electron chi connectivity index (χ0n) is 13.2. The third kappa shape index (κ3) is 2.85. The number of benzene rings is 1. The zero-order chi connectivity index (χ0) is 16.5. The number of thiazole rings is 1. The average molecular weight is 356 g/mol. The average Bonchev–Trinajstić information content (AvgIpc) is 3.28. The van der Waals surface area contributed by atoms with Crippen molar-refractivity contribution in [2.75, 3.05) is 12.8 Å². The molecule has 0 bridgehead atoms. The Morgan fingerprint density at radius 1 is 1.29 bits per heavy atom. The Balaban J connectivity index is 1.55.